The van der Waals surface area contributed by atoms with E-state index < -0.39 is 78.1 Å². The van der Waals surface area contributed by atoms with Crippen molar-refractivity contribution in [3.05, 3.63) is 127 Å². The van der Waals surface area contributed by atoms with E-state index in [0.29, 0.717) is 34.2 Å². The molecular weight excluding hydrogens is 1110 g/mol. The van der Waals surface area contributed by atoms with Crippen molar-refractivity contribution >= 4 is 105 Å². The summed E-state index contributed by atoms with van der Waals surface area (Å²) in [5.74, 6) is -4.31. The molecule has 8 aromatic carbocycles. The number of ether oxygens (including phenoxy) is 4. The fourth-order valence-corrected chi connectivity index (χ4v) is 8.83. The van der Waals surface area contributed by atoms with Gasteiger partial charge in [-0.05, 0) is 137 Å². The Hall–Kier alpha value is -5.56. The number of carboxylic acids is 2. The maximum Gasteiger partial charge on any atom is 1.00 e. The van der Waals surface area contributed by atoms with Gasteiger partial charge in [0.25, 0.3) is 0 Å². The number of hydrogen-bond acceptors (Lipinski definition) is 23. The number of carboxylic acid groups (broad SMARTS) is 2. The summed E-state index contributed by atoms with van der Waals surface area (Å²) in [6.45, 7) is -2.07. The minimum absolute atomic E-state index is 0. The molecule has 23 nitrogen and oxygen atoms in total. The minimum atomic E-state index is -5.37. The average Bonchev–Trinajstić information content (AvgIpc) is 3.36. The molecular formula is C50H37N7Na4O16S2. The SMILES string of the molecule is COc1ccc(Nc2ccc3c(O)c(N=Nc4ccc(-c5ccc(N=Nc6c(S(=O)(=O)[O-])cc7cc(Nc8ccc(OC)cc8)cc(N)c7c6O)c(OCC(=O)[O-])c5)cc4OCC(=O)[O-])c(S(=O)(=O)[O-])cc3c2)cc1.[Na+].[Na+].[Na+].[Na+]. The normalized spacial score (nSPS) is 11.2. The second kappa shape index (κ2) is 28.2. The molecule has 0 spiro atoms. The Bertz CT molecular complexity index is 3880. The monoisotopic (exact) mass is 1150 g/mol. The Morgan fingerprint density at radius 2 is 0.949 bits per heavy atom. The quantitative estimate of drug-likeness (QED) is 0.0219. The number of nitrogens with two attached hydrogens (primary N) is 1. The Labute approximate surface area is 538 Å². The van der Waals surface area contributed by atoms with Crippen molar-refractivity contribution in [2.24, 2.45) is 20.5 Å². The van der Waals surface area contributed by atoms with Crippen LogP contribution in [0.4, 0.5) is 51.2 Å². The van der Waals surface area contributed by atoms with Gasteiger partial charge >= 0.3 is 118 Å². The molecule has 6 N–H and O–H groups in total. The van der Waals surface area contributed by atoms with Crippen LogP contribution in [0, 0.1) is 0 Å². The third-order valence-corrected chi connectivity index (χ3v) is 12.7. The molecule has 0 saturated carbocycles. The van der Waals surface area contributed by atoms with Crippen molar-refractivity contribution in [3.8, 4) is 45.6 Å². The van der Waals surface area contributed by atoms with Gasteiger partial charge in [0.2, 0.25) is 0 Å². The van der Waals surface area contributed by atoms with E-state index in [9.17, 15) is 56.0 Å². The predicted molar refractivity (Wildman–Crippen MR) is 265 cm³/mol. The molecule has 0 aliphatic carbocycles. The second-order valence-corrected chi connectivity index (χ2v) is 18.6. The second-order valence-electron chi connectivity index (χ2n) is 15.9. The molecule has 8 rings (SSSR count). The first kappa shape index (κ1) is 66.0. The fourth-order valence-electron chi connectivity index (χ4n) is 7.54. The number of aliphatic carboxylic acids is 2. The summed E-state index contributed by atoms with van der Waals surface area (Å²) >= 11 is 0. The van der Waals surface area contributed by atoms with Gasteiger partial charge in [0.15, 0.2) is 11.5 Å². The van der Waals surface area contributed by atoms with E-state index in [1.165, 1.54) is 74.9 Å². The topological polar surface area (TPSA) is 372 Å². The third kappa shape index (κ3) is 16.1. The molecule has 79 heavy (non-hydrogen) atoms. The van der Waals surface area contributed by atoms with Crippen molar-refractivity contribution in [2.45, 2.75) is 9.79 Å². The van der Waals surface area contributed by atoms with E-state index >= 15 is 0 Å². The zero-order chi connectivity index (χ0) is 53.8. The van der Waals surface area contributed by atoms with Crippen molar-refractivity contribution in [2.75, 3.05) is 43.8 Å². The van der Waals surface area contributed by atoms with Gasteiger partial charge in [-0.2, -0.15) is 0 Å². The van der Waals surface area contributed by atoms with E-state index in [-0.39, 0.29) is 179 Å². The number of anilines is 5. The number of azo groups is 2. The van der Waals surface area contributed by atoms with Crippen LogP contribution in [0.2, 0.25) is 0 Å². The average molecular weight is 1150 g/mol. The first-order chi connectivity index (χ1) is 35.7. The van der Waals surface area contributed by atoms with Gasteiger partial charge in [0.1, 0.15) is 79.2 Å². The van der Waals surface area contributed by atoms with E-state index in [0.717, 1.165) is 12.1 Å². The first-order valence-corrected chi connectivity index (χ1v) is 24.4. The molecule has 0 aliphatic heterocycles. The number of nitrogens with zero attached hydrogens (tertiary/aromatic N) is 4. The van der Waals surface area contributed by atoms with Gasteiger partial charge < -0.3 is 74.4 Å². The van der Waals surface area contributed by atoms with Gasteiger partial charge in [0, 0.05) is 39.2 Å². The number of benzene rings is 8. The van der Waals surface area contributed by atoms with E-state index in [2.05, 4.69) is 31.1 Å². The zero-order valence-corrected chi connectivity index (χ0v) is 52.5. The molecule has 0 amide bonds. The molecule has 8 aromatic rings. The molecule has 0 radical (unpaired) electrons. The summed E-state index contributed by atoms with van der Waals surface area (Å²) in [5.41, 5.74) is 6.72. The Morgan fingerprint density at radius 1 is 0.532 bits per heavy atom. The maximum absolute atomic E-state index is 12.6. The number of hydrogen-bond donors (Lipinski definition) is 5. The first-order valence-electron chi connectivity index (χ1n) is 21.6. The van der Waals surface area contributed by atoms with Crippen LogP contribution >= 0.6 is 0 Å². The smallest absolute Gasteiger partial charge is 0.744 e. The van der Waals surface area contributed by atoms with Crippen LogP contribution in [0.3, 0.4) is 0 Å². The van der Waals surface area contributed by atoms with Crippen molar-refractivity contribution < 1.29 is 193 Å². The number of rotatable bonds is 19. The molecule has 29 heteroatoms. The molecule has 0 bridgehead atoms. The van der Waals surface area contributed by atoms with E-state index in [1.54, 1.807) is 54.6 Å². The molecule has 0 unspecified atom stereocenters. The number of phenols is 2. The fraction of sp³-hybridized carbons (Fsp3) is 0.0800. The molecule has 384 valence electrons. The van der Waals surface area contributed by atoms with Crippen molar-refractivity contribution in [1.82, 2.24) is 0 Å². The molecule has 0 fully saturated rings. The number of carbonyl (C=O) groups excluding carboxylic acids is 2. The van der Waals surface area contributed by atoms with Crippen molar-refractivity contribution in [1.29, 1.82) is 0 Å². The summed E-state index contributed by atoms with van der Waals surface area (Å²) in [4.78, 5) is 21.2. The van der Waals surface area contributed by atoms with Crippen LogP contribution in [-0.4, -0.2) is 75.5 Å². The van der Waals surface area contributed by atoms with Crippen LogP contribution < -0.4 is 164 Å². The van der Waals surface area contributed by atoms with Crippen LogP contribution in [0.1, 0.15) is 0 Å². The molecule has 0 aliphatic rings. The summed E-state index contributed by atoms with van der Waals surface area (Å²) in [7, 11) is -7.67. The molecule has 0 heterocycles. The summed E-state index contributed by atoms with van der Waals surface area (Å²) < 4.78 is 96.9. The Balaban J connectivity index is 0.00000336. The summed E-state index contributed by atoms with van der Waals surface area (Å²) in [5, 5.41) is 68.0. The number of methoxy groups -OCH3 is 2. The van der Waals surface area contributed by atoms with Gasteiger partial charge in [-0.3, -0.25) is 0 Å². The predicted octanol–water partition coefficient (Wildman–Crippen LogP) is -4.93. The number of aromatic hydroxyl groups is 2. The largest absolute Gasteiger partial charge is 1.00 e. The molecule has 0 aromatic heterocycles. The van der Waals surface area contributed by atoms with Gasteiger partial charge in [-0.25, -0.2) is 16.8 Å². The standard InChI is InChI=1S/C50H41N7O16S2.4Na/c1-70-34-10-5-30(6-11-34)52-32-9-14-36-28(17-32)21-42(74(64,65)66)47(49(36)62)56-54-38-15-3-26(19-40(38)72-24-44(58)59)27-4-16-39(41(20-27)73-25-45(60)61)55-57-48-43(75(67,68)69)22-29-18-33(23-37(51)46(29)50(48)63)53-31-7-12-35(71-2)13-8-31;;;;/h3-23,52-53,62-63H,24-25,51H2,1-2H3,(H,58,59)(H,60,61)(H,64,65,66)(H,67,68,69);;;;/q;4*+1/p-4. The van der Waals surface area contributed by atoms with Crippen LogP contribution in [0.15, 0.2) is 158 Å². The Kier molecular flexibility index (Phi) is 23.6. The number of nitrogens with one attached hydrogen (secondary N) is 2. The van der Waals surface area contributed by atoms with Crippen LogP contribution in [0.5, 0.6) is 34.5 Å². The van der Waals surface area contributed by atoms with Crippen LogP contribution in [0.25, 0.3) is 32.7 Å². The van der Waals surface area contributed by atoms with Gasteiger partial charge in [-0.15, -0.1) is 20.5 Å². The number of nitrogen functional groups attached to an aromatic ring is 1. The van der Waals surface area contributed by atoms with Crippen molar-refractivity contribution in [3.63, 3.8) is 0 Å². The third-order valence-electron chi connectivity index (χ3n) is 11.0. The maximum atomic E-state index is 12.6. The summed E-state index contributed by atoms with van der Waals surface area (Å²) in [6.07, 6.45) is 0. The van der Waals surface area contributed by atoms with Gasteiger partial charge in [-0.1, -0.05) is 12.1 Å². The summed E-state index contributed by atoms with van der Waals surface area (Å²) in [6, 6.07) is 30.8. The van der Waals surface area contributed by atoms with E-state index in [1.807, 2.05) is 0 Å². The minimum Gasteiger partial charge on any atom is -0.744 e. The zero-order valence-electron chi connectivity index (χ0n) is 42.8. The molecule has 0 atom stereocenters. The molecule has 0 saturated heterocycles. The Morgan fingerprint density at radius 3 is 1.39 bits per heavy atom. The van der Waals surface area contributed by atoms with Gasteiger partial charge in [0.05, 0.1) is 35.9 Å². The van der Waals surface area contributed by atoms with Crippen LogP contribution in [-0.2, 0) is 29.8 Å². The number of fused-ring (bicyclic) bond motifs is 2. The number of carbonyl (C=O) groups is 2. The van der Waals surface area contributed by atoms with E-state index in [4.69, 9.17) is 24.7 Å². The number of phenolic OH excluding ortho intramolecular Hbond substituents is 2.